The summed E-state index contributed by atoms with van der Waals surface area (Å²) in [6.07, 6.45) is 2.70. The molecule has 1 amide bonds. The molecule has 2 aromatic rings. The molecule has 0 bridgehead atoms. The third-order valence-electron chi connectivity index (χ3n) is 3.05. The Morgan fingerprint density at radius 1 is 1.33 bits per heavy atom. The van der Waals surface area contributed by atoms with Gasteiger partial charge in [-0.2, -0.15) is 5.10 Å². The first-order valence-corrected chi connectivity index (χ1v) is 8.03. The first-order valence-electron chi connectivity index (χ1n) is 6.13. The molecule has 3 N–H and O–H groups in total. The fraction of sp³-hybridized carbons (Fsp3) is 0.231. The van der Waals surface area contributed by atoms with E-state index in [4.69, 9.17) is 5.73 Å². The molecule has 8 heteroatoms. The second-order valence-electron chi connectivity index (χ2n) is 4.66. The molecule has 0 aliphatic rings. The van der Waals surface area contributed by atoms with Gasteiger partial charge in [0.25, 0.3) is 5.91 Å². The van der Waals surface area contributed by atoms with Crippen LogP contribution >= 0.6 is 0 Å². The third-order valence-corrected chi connectivity index (χ3v) is 4.18. The van der Waals surface area contributed by atoms with Crippen LogP contribution in [0.25, 0.3) is 0 Å². The van der Waals surface area contributed by atoms with E-state index in [0.717, 1.165) is 11.8 Å². The van der Waals surface area contributed by atoms with E-state index in [1.165, 1.54) is 28.9 Å². The quantitative estimate of drug-likeness (QED) is 0.846. The molecular formula is C13H16N4O3S. The lowest BCUT2D eigenvalue weighted by Gasteiger charge is -2.05. The van der Waals surface area contributed by atoms with Crippen LogP contribution in [0.5, 0.6) is 0 Å². The number of benzene rings is 1. The van der Waals surface area contributed by atoms with Crippen molar-refractivity contribution in [3.8, 4) is 0 Å². The molecule has 1 aromatic carbocycles. The Kier molecular flexibility index (Phi) is 3.99. The number of amides is 1. The summed E-state index contributed by atoms with van der Waals surface area (Å²) in [5.74, 6) is 0.182. The summed E-state index contributed by atoms with van der Waals surface area (Å²) in [5.41, 5.74) is 6.88. The van der Waals surface area contributed by atoms with Crippen molar-refractivity contribution in [2.45, 2.75) is 11.4 Å². The highest BCUT2D eigenvalue weighted by Crippen LogP contribution is 2.11. The number of hydrogen-bond donors (Lipinski definition) is 2. The van der Waals surface area contributed by atoms with Crippen LogP contribution < -0.4 is 11.1 Å². The summed E-state index contributed by atoms with van der Waals surface area (Å²) in [4.78, 5) is 12.1. The van der Waals surface area contributed by atoms with Crippen LogP contribution in [0.1, 0.15) is 15.9 Å². The lowest BCUT2D eigenvalue weighted by atomic mass is 10.2. The largest absolute Gasteiger partial charge is 0.384 e. The lowest BCUT2D eigenvalue weighted by Crippen LogP contribution is -2.23. The summed E-state index contributed by atoms with van der Waals surface area (Å²) in [7, 11) is -1.55. The number of aromatic nitrogens is 2. The Labute approximate surface area is 122 Å². The third kappa shape index (κ3) is 3.40. The number of nitrogens with one attached hydrogen (secondary N) is 1. The number of nitrogens with zero attached hydrogens (tertiary/aromatic N) is 2. The smallest absolute Gasteiger partial charge is 0.251 e. The van der Waals surface area contributed by atoms with Crippen LogP contribution in [0.4, 0.5) is 5.82 Å². The van der Waals surface area contributed by atoms with Crippen molar-refractivity contribution in [3.63, 3.8) is 0 Å². The Morgan fingerprint density at radius 2 is 1.95 bits per heavy atom. The summed E-state index contributed by atoms with van der Waals surface area (Å²) < 4.78 is 24.2. The number of nitrogens with two attached hydrogens (primary N) is 1. The standard InChI is InChI=1S/C13H16N4O3S/c1-17-12(14)10(8-16-17)7-15-13(18)9-3-5-11(6-4-9)21(2,19)20/h3-6,8H,7,14H2,1-2H3,(H,15,18). The van der Waals surface area contributed by atoms with Gasteiger partial charge in [-0.1, -0.05) is 0 Å². The second-order valence-corrected chi connectivity index (χ2v) is 6.67. The highest BCUT2D eigenvalue weighted by Gasteiger charge is 2.11. The predicted molar refractivity (Wildman–Crippen MR) is 78.3 cm³/mol. The maximum absolute atomic E-state index is 12.0. The van der Waals surface area contributed by atoms with E-state index in [1.54, 1.807) is 13.2 Å². The summed E-state index contributed by atoms with van der Waals surface area (Å²) in [6, 6.07) is 5.75. The Hall–Kier alpha value is -2.35. The summed E-state index contributed by atoms with van der Waals surface area (Å²) in [5, 5.41) is 6.69. The maximum Gasteiger partial charge on any atom is 0.251 e. The number of hydrogen-bond acceptors (Lipinski definition) is 5. The number of rotatable bonds is 4. The lowest BCUT2D eigenvalue weighted by molar-refractivity contribution is 0.0951. The van der Waals surface area contributed by atoms with Gasteiger partial charge in [0.15, 0.2) is 9.84 Å². The molecule has 0 radical (unpaired) electrons. The maximum atomic E-state index is 12.0. The molecule has 0 saturated carbocycles. The van der Waals surface area contributed by atoms with Gasteiger partial charge in [-0.15, -0.1) is 0 Å². The van der Waals surface area contributed by atoms with Crippen LogP contribution in [-0.4, -0.2) is 30.4 Å². The van der Waals surface area contributed by atoms with Gasteiger partial charge in [0.05, 0.1) is 11.1 Å². The SMILES string of the molecule is Cn1ncc(CNC(=O)c2ccc(S(C)(=O)=O)cc2)c1N. The van der Waals surface area contributed by atoms with Crippen molar-refractivity contribution in [3.05, 3.63) is 41.6 Å². The molecule has 0 unspecified atom stereocenters. The average Bonchev–Trinajstić information content (AvgIpc) is 2.75. The summed E-state index contributed by atoms with van der Waals surface area (Å²) >= 11 is 0. The van der Waals surface area contributed by atoms with Crippen LogP contribution in [-0.2, 0) is 23.4 Å². The molecule has 0 aliphatic carbocycles. The minimum Gasteiger partial charge on any atom is -0.384 e. The van der Waals surface area contributed by atoms with E-state index in [1.807, 2.05) is 0 Å². The van der Waals surface area contributed by atoms with Gasteiger partial charge in [-0.05, 0) is 24.3 Å². The molecule has 0 fully saturated rings. The van der Waals surface area contributed by atoms with Gasteiger partial charge in [0.1, 0.15) is 5.82 Å². The molecule has 21 heavy (non-hydrogen) atoms. The zero-order valence-corrected chi connectivity index (χ0v) is 12.5. The van der Waals surface area contributed by atoms with E-state index in [0.29, 0.717) is 11.4 Å². The van der Waals surface area contributed by atoms with Crippen molar-refractivity contribution in [2.75, 3.05) is 12.0 Å². The molecule has 7 nitrogen and oxygen atoms in total. The minimum absolute atomic E-state index is 0.176. The van der Waals surface area contributed by atoms with Crippen molar-refractivity contribution in [2.24, 2.45) is 7.05 Å². The van der Waals surface area contributed by atoms with E-state index in [9.17, 15) is 13.2 Å². The van der Waals surface area contributed by atoms with Crippen LogP contribution in [0.3, 0.4) is 0 Å². The van der Waals surface area contributed by atoms with E-state index in [-0.39, 0.29) is 17.3 Å². The van der Waals surface area contributed by atoms with Gasteiger partial charge >= 0.3 is 0 Å². The number of carbonyl (C=O) groups excluding carboxylic acids is 1. The van der Waals surface area contributed by atoms with Crippen molar-refractivity contribution < 1.29 is 13.2 Å². The molecule has 1 heterocycles. The molecule has 112 valence electrons. The molecule has 0 aliphatic heterocycles. The highest BCUT2D eigenvalue weighted by atomic mass is 32.2. The number of aryl methyl sites for hydroxylation is 1. The van der Waals surface area contributed by atoms with Crippen molar-refractivity contribution in [1.82, 2.24) is 15.1 Å². The second kappa shape index (κ2) is 5.57. The van der Waals surface area contributed by atoms with Gasteiger partial charge in [-0.3, -0.25) is 9.48 Å². The topological polar surface area (TPSA) is 107 Å². The molecular weight excluding hydrogens is 292 g/mol. The zero-order chi connectivity index (χ0) is 15.6. The van der Waals surface area contributed by atoms with Crippen LogP contribution in [0, 0.1) is 0 Å². The minimum atomic E-state index is -3.26. The molecule has 1 aromatic heterocycles. The van der Waals surface area contributed by atoms with Crippen LogP contribution in [0.15, 0.2) is 35.4 Å². The molecule has 0 saturated heterocycles. The van der Waals surface area contributed by atoms with E-state index < -0.39 is 9.84 Å². The first-order chi connectivity index (χ1) is 9.79. The van der Waals surface area contributed by atoms with Gasteiger partial charge in [0, 0.05) is 31.0 Å². The van der Waals surface area contributed by atoms with Crippen molar-refractivity contribution >= 4 is 21.6 Å². The normalized spacial score (nSPS) is 11.3. The van der Waals surface area contributed by atoms with Gasteiger partial charge in [0.2, 0.25) is 0 Å². The Morgan fingerprint density at radius 3 is 2.43 bits per heavy atom. The predicted octanol–water partition coefficient (Wildman–Crippen LogP) is 0.336. The zero-order valence-electron chi connectivity index (χ0n) is 11.7. The molecule has 2 rings (SSSR count). The van der Waals surface area contributed by atoms with Crippen LogP contribution in [0.2, 0.25) is 0 Å². The van der Waals surface area contributed by atoms with E-state index >= 15 is 0 Å². The molecule has 0 spiro atoms. The van der Waals surface area contributed by atoms with Gasteiger partial charge in [-0.25, -0.2) is 8.42 Å². The number of carbonyl (C=O) groups is 1. The Bertz CT molecular complexity index is 763. The summed E-state index contributed by atoms with van der Waals surface area (Å²) in [6.45, 7) is 0.256. The van der Waals surface area contributed by atoms with Gasteiger partial charge < -0.3 is 11.1 Å². The monoisotopic (exact) mass is 308 g/mol. The fourth-order valence-electron chi connectivity index (χ4n) is 1.76. The number of sulfone groups is 1. The number of anilines is 1. The van der Waals surface area contributed by atoms with Crippen molar-refractivity contribution in [1.29, 1.82) is 0 Å². The average molecular weight is 308 g/mol. The fourth-order valence-corrected chi connectivity index (χ4v) is 2.39. The van der Waals surface area contributed by atoms with E-state index in [2.05, 4.69) is 10.4 Å². The highest BCUT2D eigenvalue weighted by molar-refractivity contribution is 7.90. The first kappa shape index (κ1) is 15.0. The number of nitrogen functional groups attached to an aromatic ring is 1. The Balaban J connectivity index is 2.05. The molecule has 0 atom stereocenters.